The van der Waals surface area contributed by atoms with Gasteiger partial charge in [-0.05, 0) is 19.8 Å². The predicted octanol–water partition coefficient (Wildman–Crippen LogP) is 1.40. The van der Waals surface area contributed by atoms with E-state index in [0.29, 0.717) is 0 Å². The van der Waals surface area contributed by atoms with Crippen LogP contribution in [0.1, 0.15) is 34.1 Å². The summed E-state index contributed by atoms with van der Waals surface area (Å²) in [7, 11) is -3.31. The van der Waals surface area contributed by atoms with Gasteiger partial charge in [-0.1, -0.05) is 20.3 Å². The van der Waals surface area contributed by atoms with Crippen molar-refractivity contribution in [2.75, 3.05) is 11.5 Å². The van der Waals surface area contributed by atoms with E-state index in [-0.39, 0.29) is 17.8 Å². The Labute approximate surface area is 91.9 Å². The molecule has 4 nitrogen and oxygen atoms in total. The number of carbonyl (C=O) groups excluding carboxylic acids is 1. The minimum atomic E-state index is -3.31. The van der Waals surface area contributed by atoms with E-state index in [9.17, 15) is 13.2 Å². The number of hydrogen-bond donors (Lipinski definition) is 0. The molecule has 5 heteroatoms. The molecule has 90 valence electrons. The first-order valence-corrected chi connectivity index (χ1v) is 6.99. The number of ether oxygens (including phenoxy) is 1. The number of hydrogen-bond acceptors (Lipinski definition) is 4. The van der Waals surface area contributed by atoms with Gasteiger partial charge in [-0.2, -0.15) is 0 Å². The lowest BCUT2D eigenvalue weighted by Crippen LogP contribution is -2.25. The Bertz CT molecular complexity index is 293. The Kier molecular flexibility index (Phi) is 5.87. The standard InChI is InChI=1S/C10H20O4S/c1-5-9(4)6-15(12,13)7-10(11)14-8(2)3/h8-9H,5-7H2,1-4H3. The van der Waals surface area contributed by atoms with Crippen molar-refractivity contribution >= 4 is 15.8 Å². The van der Waals surface area contributed by atoms with E-state index in [4.69, 9.17) is 4.74 Å². The van der Waals surface area contributed by atoms with Crippen LogP contribution in [0.3, 0.4) is 0 Å². The maximum absolute atomic E-state index is 11.5. The second-order valence-corrected chi connectivity index (χ2v) is 6.22. The Morgan fingerprint density at radius 3 is 2.20 bits per heavy atom. The molecule has 1 atom stereocenters. The van der Waals surface area contributed by atoms with Crippen LogP contribution in [0.25, 0.3) is 0 Å². The van der Waals surface area contributed by atoms with Gasteiger partial charge < -0.3 is 4.74 Å². The second kappa shape index (κ2) is 6.10. The second-order valence-electron chi connectivity index (χ2n) is 4.11. The van der Waals surface area contributed by atoms with Crippen molar-refractivity contribution in [3.63, 3.8) is 0 Å². The Hall–Kier alpha value is -0.580. The van der Waals surface area contributed by atoms with Crippen LogP contribution >= 0.6 is 0 Å². The fraction of sp³-hybridized carbons (Fsp3) is 0.900. The molecule has 0 saturated heterocycles. The first kappa shape index (κ1) is 14.4. The first-order valence-electron chi connectivity index (χ1n) is 5.16. The molecule has 0 spiro atoms. The van der Waals surface area contributed by atoms with Crippen molar-refractivity contribution in [1.29, 1.82) is 0 Å². The van der Waals surface area contributed by atoms with Gasteiger partial charge in [-0.25, -0.2) is 8.42 Å². The van der Waals surface area contributed by atoms with Crippen LogP contribution in [0.4, 0.5) is 0 Å². The fourth-order valence-electron chi connectivity index (χ4n) is 1.09. The Morgan fingerprint density at radius 1 is 1.27 bits per heavy atom. The molecule has 0 aliphatic carbocycles. The van der Waals surface area contributed by atoms with Crippen LogP contribution < -0.4 is 0 Å². The lowest BCUT2D eigenvalue weighted by molar-refractivity contribution is -0.144. The maximum atomic E-state index is 11.5. The zero-order valence-corrected chi connectivity index (χ0v) is 10.6. The summed E-state index contributed by atoms with van der Waals surface area (Å²) in [5, 5.41) is 0. The number of carbonyl (C=O) groups is 1. The number of esters is 1. The largest absolute Gasteiger partial charge is 0.462 e. The number of rotatable bonds is 6. The molecule has 0 bridgehead atoms. The zero-order chi connectivity index (χ0) is 12.1. The van der Waals surface area contributed by atoms with Gasteiger partial charge in [0.1, 0.15) is 5.75 Å². The highest BCUT2D eigenvalue weighted by molar-refractivity contribution is 7.92. The molecule has 0 aromatic carbocycles. The van der Waals surface area contributed by atoms with E-state index in [2.05, 4.69) is 0 Å². The molecular weight excluding hydrogens is 216 g/mol. The van der Waals surface area contributed by atoms with Crippen LogP contribution in [0.15, 0.2) is 0 Å². The van der Waals surface area contributed by atoms with E-state index < -0.39 is 21.6 Å². The highest BCUT2D eigenvalue weighted by Crippen LogP contribution is 2.06. The molecule has 0 radical (unpaired) electrons. The number of sulfone groups is 1. The minimum absolute atomic E-state index is 0.0523. The highest BCUT2D eigenvalue weighted by atomic mass is 32.2. The van der Waals surface area contributed by atoms with Gasteiger partial charge in [0.15, 0.2) is 9.84 Å². The zero-order valence-electron chi connectivity index (χ0n) is 9.82. The first-order chi connectivity index (χ1) is 6.76. The van der Waals surface area contributed by atoms with E-state index in [0.717, 1.165) is 6.42 Å². The molecule has 0 aliphatic heterocycles. The van der Waals surface area contributed by atoms with Gasteiger partial charge in [0.25, 0.3) is 0 Å². The molecule has 15 heavy (non-hydrogen) atoms. The molecule has 0 aromatic rings. The smallest absolute Gasteiger partial charge is 0.321 e. The van der Waals surface area contributed by atoms with Gasteiger partial charge in [0.05, 0.1) is 11.9 Å². The van der Waals surface area contributed by atoms with Crippen molar-refractivity contribution < 1.29 is 17.9 Å². The summed E-state index contributed by atoms with van der Waals surface area (Å²) in [6.45, 7) is 7.16. The molecule has 0 fully saturated rings. The van der Waals surface area contributed by atoms with E-state index in [1.54, 1.807) is 13.8 Å². The lowest BCUT2D eigenvalue weighted by atomic mass is 10.2. The fourth-order valence-corrected chi connectivity index (χ4v) is 2.73. The van der Waals surface area contributed by atoms with Crippen molar-refractivity contribution in [3.8, 4) is 0 Å². The maximum Gasteiger partial charge on any atom is 0.321 e. The van der Waals surface area contributed by atoms with Crippen LogP contribution in [-0.4, -0.2) is 32.0 Å². The topological polar surface area (TPSA) is 60.4 Å². The normalized spacial score (nSPS) is 13.9. The van der Waals surface area contributed by atoms with E-state index >= 15 is 0 Å². The van der Waals surface area contributed by atoms with Gasteiger partial charge in [-0.15, -0.1) is 0 Å². The quantitative estimate of drug-likeness (QED) is 0.654. The predicted molar refractivity (Wildman–Crippen MR) is 59.3 cm³/mol. The molecule has 0 rings (SSSR count). The average Bonchev–Trinajstić information content (AvgIpc) is 1.99. The molecule has 0 amide bonds. The molecule has 1 unspecified atom stereocenters. The van der Waals surface area contributed by atoms with Crippen LogP contribution in [0.2, 0.25) is 0 Å². The molecular formula is C10H20O4S. The molecule has 0 heterocycles. The summed E-state index contributed by atoms with van der Waals surface area (Å²) >= 11 is 0. The van der Waals surface area contributed by atoms with Crippen molar-refractivity contribution in [2.45, 2.75) is 40.2 Å². The third kappa shape index (κ3) is 7.36. The lowest BCUT2D eigenvalue weighted by Gasteiger charge is -2.10. The summed E-state index contributed by atoms with van der Waals surface area (Å²) in [4.78, 5) is 11.1. The van der Waals surface area contributed by atoms with Crippen molar-refractivity contribution in [3.05, 3.63) is 0 Å². The molecule has 0 saturated carbocycles. The molecule has 0 N–H and O–H groups in total. The van der Waals surface area contributed by atoms with Gasteiger partial charge in [-0.3, -0.25) is 4.79 Å². The van der Waals surface area contributed by atoms with E-state index in [1.807, 2.05) is 13.8 Å². The summed E-state index contributed by atoms with van der Waals surface area (Å²) in [5.74, 6) is -1.03. The van der Waals surface area contributed by atoms with Crippen LogP contribution in [-0.2, 0) is 19.4 Å². The Morgan fingerprint density at radius 2 is 1.80 bits per heavy atom. The Balaban J connectivity index is 4.20. The van der Waals surface area contributed by atoms with Crippen molar-refractivity contribution in [2.24, 2.45) is 5.92 Å². The molecule has 0 aromatic heterocycles. The van der Waals surface area contributed by atoms with E-state index in [1.165, 1.54) is 0 Å². The van der Waals surface area contributed by atoms with Gasteiger partial charge in [0.2, 0.25) is 0 Å². The highest BCUT2D eigenvalue weighted by Gasteiger charge is 2.20. The van der Waals surface area contributed by atoms with Crippen molar-refractivity contribution in [1.82, 2.24) is 0 Å². The van der Waals surface area contributed by atoms with Gasteiger partial charge >= 0.3 is 5.97 Å². The minimum Gasteiger partial charge on any atom is -0.462 e. The SMILES string of the molecule is CCC(C)CS(=O)(=O)CC(=O)OC(C)C. The summed E-state index contributed by atoms with van der Waals surface area (Å²) in [5.41, 5.74) is 0. The third-order valence-corrected chi connectivity index (χ3v) is 3.69. The monoisotopic (exact) mass is 236 g/mol. The van der Waals surface area contributed by atoms with Crippen LogP contribution in [0, 0.1) is 5.92 Å². The van der Waals surface area contributed by atoms with Gasteiger partial charge in [0, 0.05) is 0 Å². The summed E-state index contributed by atoms with van der Waals surface area (Å²) < 4.78 is 27.8. The molecule has 0 aliphatic rings. The summed E-state index contributed by atoms with van der Waals surface area (Å²) in [6, 6.07) is 0. The third-order valence-electron chi connectivity index (χ3n) is 1.94. The summed E-state index contributed by atoms with van der Waals surface area (Å²) in [6.07, 6.45) is 0.523. The van der Waals surface area contributed by atoms with Crippen LogP contribution in [0.5, 0.6) is 0 Å². The average molecular weight is 236 g/mol.